The van der Waals surface area contributed by atoms with Crippen LogP contribution < -0.4 is 5.32 Å². The Bertz CT molecular complexity index is 122. The van der Waals surface area contributed by atoms with Gasteiger partial charge in [-0.25, -0.2) is 0 Å². The van der Waals surface area contributed by atoms with E-state index in [1.54, 1.807) is 0 Å². The number of hydrogen-bond acceptors (Lipinski definition) is 1. The van der Waals surface area contributed by atoms with Crippen LogP contribution in [0.4, 0.5) is 0 Å². The summed E-state index contributed by atoms with van der Waals surface area (Å²) in [7, 11) is 0. The van der Waals surface area contributed by atoms with Gasteiger partial charge in [-0.05, 0) is 31.7 Å². The summed E-state index contributed by atoms with van der Waals surface area (Å²) in [6.45, 7) is 5.87. The van der Waals surface area contributed by atoms with Crippen LogP contribution in [-0.4, -0.2) is 12.6 Å². The van der Waals surface area contributed by atoms with Gasteiger partial charge in [-0.3, -0.25) is 0 Å². The molecule has 78 valence electrons. The van der Waals surface area contributed by atoms with Crippen molar-refractivity contribution in [1.29, 1.82) is 0 Å². The van der Waals surface area contributed by atoms with Crippen molar-refractivity contribution in [2.75, 3.05) is 6.54 Å². The van der Waals surface area contributed by atoms with Gasteiger partial charge in [-0.1, -0.05) is 39.5 Å². The van der Waals surface area contributed by atoms with Gasteiger partial charge in [0.15, 0.2) is 0 Å². The molecule has 0 amide bonds. The van der Waals surface area contributed by atoms with Crippen molar-refractivity contribution in [2.24, 2.45) is 5.92 Å². The molecule has 0 saturated carbocycles. The van der Waals surface area contributed by atoms with E-state index in [4.69, 9.17) is 0 Å². The van der Waals surface area contributed by atoms with Crippen LogP contribution in [0.2, 0.25) is 0 Å². The summed E-state index contributed by atoms with van der Waals surface area (Å²) >= 11 is 0. The summed E-state index contributed by atoms with van der Waals surface area (Å²) in [5.41, 5.74) is 0. The SMILES string of the molecule is CCCCCC1CC(CC)CCN1. The van der Waals surface area contributed by atoms with Gasteiger partial charge in [0.2, 0.25) is 0 Å². The van der Waals surface area contributed by atoms with Gasteiger partial charge in [-0.2, -0.15) is 0 Å². The van der Waals surface area contributed by atoms with Crippen LogP contribution in [0.3, 0.4) is 0 Å². The number of nitrogens with one attached hydrogen (secondary N) is 1. The molecule has 13 heavy (non-hydrogen) atoms. The van der Waals surface area contributed by atoms with Gasteiger partial charge in [0.1, 0.15) is 0 Å². The Morgan fingerprint density at radius 2 is 2.08 bits per heavy atom. The molecule has 0 aromatic carbocycles. The summed E-state index contributed by atoms with van der Waals surface area (Å²) in [5, 5.41) is 3.64. The van der Waals surface area contributed by atoms with Crippen molar-refractivity contribution < 1.29 is 0 Å². The zero-order valence-electron chi connectivity index (χ0n) is 9.31. The van der Waals surface area contributed by atoms with Crippen LogP contribution >= 0.6 is 0 Å². The summed E-state index contributed by atoms with van der Waals surface area (Å²) in [6.07, 6.45) is 9.81. The van der Waals surface area contributed by atoms with E-state index in [0.29, 0.717) is 0 Å². The van der Waals surface area contributed by atoms with Gasteiger partial charge in [0.05, 0.1) is 0 Å². The first-order valence-electron chi connectivity index (χ1n) is 6.10. The number of piperidine rings is 1. The van der Waals surface area contributed by atoms with Gasteiger partial charge in [0, 0.05) is 6.04 Å². The predicted molar refractivity (Wildman–Crippen MR) is 58.9 cm³/mol. The maximum Gasteiger partial charge on any atom is 0.00697 e. The molecular weight excluding hydrogens is 158 g/mol. The Kier molecular flexibility index (Phi) is 5.45. The quantitative estimate of drug-likeness (QED) is 0.645. The first-order valence-corrected chi connectivity index (χ1v) is 6.10. The molecule has 0 spiro atoms. The van der Waals surface area contributed by atoms with Crippen LogP contribution in [0.15, 0.2) is 0 Å². The van der Waals surface area contributed by atoms with Crippen LogP contribution in [-0.2, 0) is 0 Å². The second kappa shape index (κ2) is 6.42. The minimum Gasteiger partial charge on any atom is -0.314 e. The lowest BCUT2D eigenvalue weighted by atomic mass is 9.88. The Morgan fingerprint density at radius 1 is 1.23 bits per heavy atom. The van der Waals surface area contributed by atoms with Crippen molar-refractivity contribution in [3.8, 4) is 0 Å². The van der Waals surface area contributed by atoms with Crippen molar-refractivity contribution in [2.45, 2.75) is 64.8 Å². The van der Waals surface area contributed by atoms with E-state index in [2.05, 4.69) is 19.2 Å². The maximum atomic E-state index is 3.64. The zero-order valence-corrected chi connectivity index (χ0v) is 9.31. The Balaban J connectivity index is 2.11. The maximum absolute atomic E-state index is 3.64. The molecule has 0 aliphatic carbocycles. The molecule has 2 atom stereocenters. The highest BCUT2D eigenvalue weighted by molar-refractivity contribution is 4.77. The molecule has 1 fully saturated rings. The fourth-order valence-electron chi connectivity index (χ4n) is 2.33. The van der Waals surface area contributed by atoms with Crippen LogP contribution in [0.25, 0.3) is 0 Å². The van der Waals surface area contributed by atoms with Crippen LogP contribution in [0.5, 0.6) is 0 Å². The van der Waals surface area contributed by atoms with Crippen molar-refractivity contribution >= 4 is 0 Å². The Morgan fingerprint density at radius 3 is 2.77 bits per heavy atom. The monoisotopic (exact) mass is 183 g/mol. The number of rotatable bonds is 5. The average molecular weight is 183 g/mol. The lowest BCUT2D eigenvalue weighted by Crippen LogP contribution is -2.37. The fourth-order valence-corrected chi connectivity index (χ4v) is 2.33. The minimum absolute atomic E-state index is 0.838. The van der Waals surface area contributed by atoms with Crippen LogP contribution in [0.1, 0.15) is 58.8 Å². The van der Waals surface area contributed by atoms with Gasteiger partial charge in [0.25, 0.3) is 0 Å². The highest BCUT2D eigenvalue weighted by Gasteiger charge is 2.19. The molecule has 1 N–H and O–H groups in total. The first kappa shape index (κ1) is 11.0. The molecule has 2 unspecified atom stereocenters. The first-order chi connectivity index (χ1) is 6.36. The molecule has 1 aliphatic rings. The molecule has 1 aliphatic heterocycles. The largest absolute Gasteiger partial charge is 0.314 e. The highest BCUT2D eigenvalue weighted by Crippen LogP contribution is 2.22. The molecule has 0 aromatic heterocycles. The number of unbranched alkanes of at least 4 members (excludes halogenated alkanes) is 2. The smallest absolute Gasteiger partial charge is 0.00697 e. The summed E-state index contributed by atoms with van der Waals surface area (Å²) in [6, 6.07) is 0.838. The molecule has 1 heteroatoms. The van der Waals surface area contributed by atoms with E-state index in [1.807, 2.05) is 0 Å². The third-order valence-corrected chi connectivity index (χ3v) is 3.34. The van der Waals surface area contributed by atoms with Gasteiger partial charge >= 0.3 is 0 Å². The summed E-state index contributed by atoms with van der Waals surface area (Å²) in [5.74, 6) is 1.01. The van der Waals surface area contributed by atoms with E-state index in [9.17, 15) is 0 Å². The van der Waals surface area contributed by atoms with E-state index in [0.717, 1.165) is 12.0 Å². The van der Waals surface area contributed by atoms with E-state index in [1.165, 1.54) is 51.5 Å². The van der Waals surface area contributed by atoms with E-state index in [-0.39, 0.29) is 0 Å². The normalized spacial score (nSPS) is 29.1. The molecule has 1 rings (SSSR count). The van der Waals surface area contributed by atoms with E-state index >= 15 is 0 Å². The van der Waals surface area contributed by atoms with Gasteiger partial charge in [-0.15, -0.1) is 0 Å². The van der Waals surface area contributed by atoms with Gasteiger partial charge < -0.3 is 5.32 Å². The standard InChI is InChI=1S/C12H25N/c1-3-5-6-7-12-10-11(4-2)8-9-13-12/h11-13H,3-10H2,1-2H3. The Labute approximate surface area is 83.3 Å². The predicted octanol–water partition coefficient (Wildman–Crippen LogP) is 3.34. The second-order valence-electron chi connectivity index (χ2n) is 4.45. The highest BCUT2D eigenvalue weighted by atomic mass is 14.9. The van der Waals surface area contributed by atoms with Crippen molar-refractivity contribution in [1.82, 2.24) is 5.32 Å². The minimum atomic E-state index is 0.838. The second-order valence-corrected chi connectivity index (χ2v) is 4.45. The van der Waals surface area contributed by atoms with E-state index < -0.39 is 0 Å². The van der Waals surface area contributed by atoms with Crippen molar-refractivity contribution in [3.05, 3.63) is 0 Å². The molecule has 1 heterocycles. The molecular formula is C12H25N. The third-order valence-electron chi connectivity index (χ3n) is 3.34. The molecule has 1 nitrogen and oxygen atoms in total. The molecule has 0 bridgehead atoms. The fraction of sp³-hybridized carbons (Fsp3) is 1.00. The third kappa shape index (κ3) is 4.12. The molecule has 0 aromatic rings. The zero-order chi connectivity index (χ0) is 9.52. The lowest BCUT2D eigenvalue weighted by molar-refractivity contribution is 0.280. The Hall–Kier alpha value is -0.0400. The molecule has 0 radical (unpaired) electrons. The lowest BCUT2D eigenvalue weighted by Gasteiger charge is -2.29. The summed E-state index contributed by atoms with van der Waals surface area (Å²) in [4.78, 5) is 0. The molecule has 1 saturated heterocycles. The number of hydrogen-bond donors (Lipinski definition) is 1. The van der Waals surface area contributed by atoms with Crippen molar-refractivity contribution in [3.63, 3.8) is 0 Å². The van der Waals surface area contributed by atoms with Crippen LogP contribution in [0, 0.1) is 5.92 Å². The topological polar surface area (TPSA) is 12.0 Å². The average Bonchev–Trinajstić information content (AvgIpc) is 2.19. The summed E-state index contributed by atoms with van der Waals surface area (Å²) < 4.78 is 0.